The van der Waals surface area contributed by atoms with E-state index < -0.39 is 0 Å². The van der Waals surface area contributed by atoms with Gasteiger partial charge in [-0.3, -0.25) is 4.98 Å². The normalized spacial score (nSPS) is 12.1. The molecule has 0 aliphatic carbocycles. The van der Waals surface area contributed by atoms with Gasteiger partial charge < -0.3 is 0 Å². The number of pyridine rings is 1. The maximum atomic E-state index is 12.4. The SMILES string of the molecule is N#CC(CBr)c1ccc(F)cn1. The molecule has 4 heteroatoms. The lowest BCUT2D eigenvalue weighted by Crippen LogP contribution is -1.99. The number of alkyl halides is 1. The standard InChI is InChI=1S/C8H6BrFN2/c9-3-6(4-11)8-2-1-7(10)5-12-8/h1-2,5-6H,3H2. The van der Waals surface area contributed by atoms with Crippen LogP contribution >= 0.6 is 15.9 Å². The number of hydrogen-bond donors (Lipinski definition) is 0. The molecular weight excluding hydrogens is 223 g/mol. The first kappa shape index (κ1) is 9.14. The predicted octanol–water partition coefficient (Wildman–Crippen LogP) is 2.22. The molecule has 0 aliphatic rings. The second-order valence-electron chi connectivity index (χ2n) is 2.24. The minimum atomic E-state index is -0.384. The quantitative estimate of drug-likeness (QED) is 0.729. The van der Waals surface area contributed by atoms with Crippen molar-refractivity contribution in [2.45, 2.75) is 5.92 Å². The number of rotatable bonds is 2. The van der Waals surface area contributed by atoms with E-state index in [1.165, 1.54) is 12.1 Å². The Labute approximate surface area is 78.2 Å². The lowest BCUT2D eigenvalue weighted by molar-refractivity contribution is 0.618. The molecule has 0 N–H and O–H groups in total. The Morgan fingerprint density at radius 3 is 2.83 bits per heavy atom. The van der Waals surface area contributed by atoms with Crippen molar-refractivity contribution in [2.75, 3.05) is 5.33 Å². The van der Waals surface area contributed by atoms with Gasteiger partial charge in [-0.05, 0) is 12.1 Å². The molecule has 1 heterocycles. The van der Waals surface area contributed by atoms with E-state index in [4.69, 9.17) is 5.26 Å². The van der Waals surface area contributed by atoms with E-state index in [1.807, 2.05) is 0 Å². The summed E-state index contributed by atoms with van der Waals surface area (Å²) in [5.41, 5.74) is 0.593. The average Bonchev–Trinajstić information content (AvgIpc) is 2.10. The highest BCUT2D eigenvalue weighted by Gasteiger charge is 2.09. The Kier molecular flexibility index (Phi) is 3.18. The fourth-order valence-corrected chi connectivity index (χ4v) is 1.25. The summed E-state index contributed by atoms with van der Waals surface area (Å²) in [6.45, 7) is 0. The monoisotopic (exact) mass is 228 g/mol. The van der Waals surface area contributed by atoms with Crippen LogP contribution in [0.4, 0.5) is 4.39 Å². The van der Waals surface area contributed by atoms with E-state index in [1.54, 1.807) is 0 Å². The van der Waals surface area contributed by atoms with Crippen LogP contribution in [-0.4, -0.2) is 10.3 Å². The van der Waals surface area contributed by atoms with Crippen molar-refractivity contribution in [3.63, 3.8) is 0 Å². The molecule has 12 heavy (non-hydrogen) atoms. The first-order valence-electron chi connectivity index (χ1n) is 3.35. The molecule has 62 valence electrons. The smallest absolute Gasteiger partial charge is 0.141 e. The van der Waals surface area contributed by atoms with Crippen molar-refractivity contribution in [2.24, 2.45) is 0 Å². The van der Waals surface area contributed by atoms with Crippen LogP contribution in [0.3, 0.4) is 0 Å². The van der Waals surface area contributed by atoms with Crippen LogP contribution in [0.5, 0.6) is 0 Å². The topological polar surface area (TPSA) is 36.7 Å². The first-order valence-corrected chi connectivity index (χ1v) is 4.47. The van der Waals surface area contributed by atoms with E-state index in [2.05, 4.69) is 27.0 Å². The fraction of sp³-hybridized carbons (Fsp3) is 0.250. The highest BCUT2D eigenvalue weighted by atomic mass is 79.9. The molecule has 1 aromatic rings. The van der Waals surface area contributed by atoms with Crippen LogP contribution in [0.1, 0.15) is 11.6 Å². The highest BCUT2D eigenvalue weighted by Crippen LogP contribution is 2.14. The van der Waals surface area contributed by atoms with E-state index in [9.17, 15) is 4.39 Å². The molecule has 0 spiro atoms. The molecule has 0 aliphatic heterocycles. The van der Waals surface area contributed by atoms with Gasteiger partial charge in [-0.25, -0.2) is 4.39 Å². The zero-order valence-electron chi connectivity index (χ0n) is 6.17. The van der Waals surface area contributed by atoms with E-state index >= 15 is 0 Å². The van der Waals surface area contributed by atoms with Crippen molar-refractivity contribution < 1.29 is 4.39 Å². The second-order valence-corrected chi connectivity index (χ2v) is 2.88. The third-order valence-corrected chi connectivity index (χ3v) is 2.06. The number of hydrogen-bond acceptors (Lipinski definition) is 2. The Balaban J connectivity index is 2.89. The van der Waals surface area contributed by atoms with Gasteiger partial charge in [0.15, 0.2) is 0 Å². The number of halogens is 2. The zero-order valence-corrected chi connectivity index (χ0v) is 7.75. The first-order chi connectivity index (χ1) is 5.77. The van der Waals surface area contributed by atoms with Gasteiger partial charge in [-0.15, -0.1) is 0 Å². The van der Waals surface area contributed by atoms with Gasteiger partial charge in [-0.1, -0.05) is 15.9 Å². The summed E-state index contributed by atoms with van der Waals surface area (Å²) >= 11 is 3.17. The third-order valence-electron chi connectivity index (χ3n) is 1.42. The predicted molar refractivity (Wildman–Crippen MR) is 46.3 cm³/mol. The maximum Gasteiger partial charge on any atom is 0.141 e. The second kappa shape index (κ2) is 4.17. The Bertz CT molecular complexity index is 291. The molecule has 0 fully saturated rings. The summed E-state index contributed by atoms with van der Waals surface area (Å²) in [6, 6.07) is 4.87. The van der Waals surface area contributed by atoms with Crippen molar-refractivity contribution in [1.29, 1.82) is 5.26 Å². The number of nitriles is 1. The summed E-state index contributed by atoms with van der Waals surface area (Å²) in [7, 11) is 0. The van der Waals surface area contributed by atoms with E-state index in [0.717, 1.165) is 6.20 Å². The van der Waals surface area contributed by atoms with Gasteiger partial charge in [0.2, 0.25) is 0 Å². The van der Waals surface area contributed by atoms with Gasteiger partial charge in [-0.2, -0.15) is 5.26 Å². The lowest BCUT2D eigenvalue weighted by atomic mass is 10.1. The minimum Gasteiger partial charge on any atom is -0.257 e. The van der Waals surface area contributed by atoms with E-state index in [-0.39, 0.29) is 11.7 Å². The highest BCUT2D eigenvalue weighted by molar-refractivity contribution is 9.09. The molecule has 1 unspecified atom stereocenters. The molecule has 0 radical (unpaired) electrons. The maximum absolute atomic E-state index is 12.4. The lowest BCUT2D eigenvalue weighted by Gasteiger charge is -2.02. The fourth-order valence-electron chi connectivity index (χ4n) is 0.773. The van der Waals surface area contributed by atoms with Gasteiger partial charge in [0.1, 0.15) is 5.82 Å². The number of aromatic nitrogens is 1. The molecular formula is C8H6BrFN2. The average molecular weight is 229 g/mol. The van der Waals surface area contributed by atoms with Crippen LogP contribution < -0.4 is 0 Å². The summed E-state index contributed by atoms with van der Waals surface area (Å²) in [5, 5.41) is 9.15. The van der Waals surface area contributed by atoms with Crippen molar-refractivity contribution in [1.82, 2.24) is 4.98 Å². The van der Waals surface area contributed by atoms with Gasteiger partial charge in [0.05, 0.1) is 23.9 Å². The zero-order chi connectivity index (χ0) is 8.97. The van der Waals surface area contributed by atoms with Gasteiger partial charge in [0.25, 0.3) is 0 Å². The van der Waals surface area contributed by atoms with Gasteiger partial charge >= 0.3 is 0 Å². The van der Waals surface area contributed by atoms with Crippen molar-refractivity contribution in [3.05, 3.63) is 29.8 Å². The molecule has 1 rings (SSSR count). The summed E-state index contributed by atoms with van der Waals surface area (Å²) in [4.78, 5) is 3.79. The molecule has 0 amide bonds. The Morgan fingerprint density at radius 1 is 1.67 bits per heavy atom. The summed E-state index contributed by atoms with van der Waals surface area (Å²) < 4.78 is 12.4. The molecule has 2 nitrogen and oxygen atoms in total. The summed E-state index contributed by atoms with van der Waals surface area (Å²) in [5.74, 6) is -0.685. The number of nitrogens with zero attached hydrogens (tertiary/aromatic N) is 2. The van der Waals surface area contributed by atoms with Crippen molar-refractivity contribution in [3.8, 4) is 6.07 Å². The van der Waals surface area contributed by atoms with Crippen molar-refractivity contribution >= 4 is 15.9 Å². The molecule has 0 bridgehead atoms. The van der Waals surface area contributed by atoms with Crippen LogP contribution in [0.15, 0.2) is 18.3 Å². The Morgan fingerprint density at radius 2 is 2.42 bits per heavy atom. The molecule has 1 atom stereocenters. The summed E-state index contributed by atoms with van der Waals surface area (Å²) in [6.07, 6.45) is 1.11. The van der Waals surface area contributed by atoms with Crippen LogP contribution in [0.2, 0.25) is 0 Å². The molecule has 0 saturated carbocycles. The van der Waals surface area contributed by atoms with Gasteiger partial charge in [0, 0.05) is 5.33 Å². The van der Waals surface area contributed by atoms with E-state index in [0.29, 0.717) is 11.0 Å². The molecule has 0 saturated heterocycles. The largest absolute Gasteiger partial charge is 0.257 e. The van der Waals surface area contributed by atoms with Crippen LogP contribution in [0.25, 0.3) is 0 Å². The minimum absolute atomic E-state index is 0.300. The Hall–Kier alpha value is -0.950. The molecule has 0 aromatic carbocycles. The third kappa shape index (κ3) is 2.02. The molecule has 1 aromatic heterocycles. The van der Waals surface area contributed by atoms with Crippen LogP contribution in [-0.2, 0) is 0 Å². The van der Waals surface area contributed by atoms with Crippen LogP contribution in [0, 0.1) is 17.1 Å².